The summed E-state index contributed by atoms with van der Waals surface area (Å²) in [6.45, 7) is 0.950. The highest BCUT2D eigenvalue weighted by molar-refractivity contribution is 6.53. The fourth-order valence-corrected chi connectivity index (χ4v) is 2.54. The number of carbonyl (C=O) groups excluding carboxylic acids is 2. The molecule has 0 heterocycles. The van der Waals surface area contributed by atoms with E-state index in [1.165, 1.54) is 19.1 Å². The maximum atomic E-state index is 12.0. The lowest BCUT2D eigenvalue weighted by molar-refractivity contribution is -0.274. The van der Waals surface area contributed by atoms with Crippen molar-refractivity contribution in [3.63, 3.8) is 0 Å². The van der Waals surface area contributed by atoms with Crippen molar-refractivity contribution in [2.75, 3.05) is 11.9 Å². The van der Waals surface area contributed by atoms with Crippen LogP contribution < -0.4 is 10.1 Å². The molecule has 10 heteroatoms. The van der Waals surface area contributed by atoms with Crippen molar-refractivity contribution in [1.82, 2.24) is 0 Å². The minimum Gasteiger partial charge on any atom is -0.455 e. The van der Waals surface area contributed by atoms with E-state index in [4.69, 9.17) is 27.9 Å². The number of ether oxygens (including phenoxy) is 2. The lowest BCUT2D eigenvalue weighted by Gasteiger charge is -2.12. The van der Waals surface area contributed by atoms with Crippen LogP contribution in [0.4, 0.5) is 18.9 Å². The van der Waals surface area contributed by atoms with Gasteiger partial charge >= 0.3 is 12.3 Å². The standard InChI is InChI=1S/C14H12Cl2F3NO4/c1-12(7-13(12,15)16)11(22)23-6-10(21)20-8-2-4-9(5-3-8)24-14(17,18)19/h2-5H,6-7H2,1H3,(H,20,21). The Morgan fingerprint density at radius 3 is 2.25 bits per heavy atom. The number of nitrogens with one attached hydrogen (secondary N) is 1. The third-order valence-corrected chi connectivity index (χ3v) is 4.52. The Bertz CT molecular complexity index is 648. The van der Waals surface area contributed by atoms with Gasteiger partial charge in [-0.3, -0.25) is 9.59 Å². The minimum absolute atomic E-state index is 0.215. The van der Waals surface area contributed by atoms with Crippen LogP contribution in [0.2, 0.25) is 0 Å². The first-order valence-corrected chi connectivity index (χ1v) is 7.39. The molecule has 0 saturated heterocycles. The van der Waals surface area contributed by atoms with Crippen molar-refractivity contribution in [3.8, 4) is 5.75 Å². The second-order valence-corrected chi connectivity index (χ2v) is 6.89. The Morgan fingerprint density at radius 2 is 1.79 bits per heavy atom. The monoisotopic (exact) mass is 385 g/mol. The van der Waals surface area contributed by atoms with Gasteiger partial charge in [0.15, 0.2) is 6.61 Å². The van der Waals surface area contributed by atoms with Crippen molar-refractivity contribution >= 4 is 40.8 Å². The number of anilines is 1. The van der Waals surface area contributed by atoms with E-state index in [0.29, 0.717) is 0 Å². The number of hydrogen-bond donors (Lipinski definition) is 1. The van der Waals surface area contributed by atoms with Crippen LogP contribution in [-0.2, 0) is 14.3 Å². The molecule has 1 saturated carbocycles. The third kappa shape index (κ3) is 4.45. The molecule has 0 radical (unpaired) electrons. The second-order valence-electron chi connectivity index (χ2n) is 5.41. The van der Waals surface area contributed by atoms with E-state index in [2.05, 4.69) is 10.1 Å². The Balaban J connectivity index is 1.81. The van der Waals surface area contributed by atoms with Crippen molar-refractivity contribution in [1.29, 1.82) is 0 Å². The molecule has 1 aromatic rings. The SMILES string of the molecule is CC1(C(=O)OCC(=O)Nc2ccc(OC(F)(F)F)cc2)CC1(Cl)Cl. The predicted octanol–water partition coefficient (Wildman–Crippen LogP) is 3.65. The third-order valence-electron chi connectivity index (χ3n) is 3.41. The van der Waals surface area contributed by atoms with Crippen LogP contribution in [-0.4, -0.2) is 29.2 Å². The molecular formula is C14H12Cl2F3NO4. The van der Waals surface area contributed by atoms with E-state index in [0.717, 1.165) is 12.1 Å². The first-order chi connectivity index (χ1) is 10.9. The highest BCUT2D eigenvalue weighted by Gasteiger charge is 2.69. The highest BCUT2D eigenvalue weighted by atomic mass is 35.5. The summed E-state index contributed by atoms with van der Waals surface area (Å²) >= 11 is 11.6. The van der Waals surface area contributed by atoms with Crippen LogP contribution in [0.3, 0.4) is 0 Å². The van der Waals surface area contributed by atoms with E-state index >= 15 is 0 Å². The zero-order valence-electron chi connectivity index (χ0n) is 12.2. The average molecular weight is 386 g/mol. The summed E-state index contributed by atoms with van der Waals surface area (Å²) in [6, 6.07) is 4.50. The fourth-order valence-electron chi connectivity index (χ4n) is 1.85. The van der Waals surface area contributed by atoms with Crippen LogP contribution in [0, 0.1) is 5.41 Å². The molecule has 132 valence electrons. The van der Waals surface area contributed by atoms with Gasteiger partial charge in [-0.15, -0.1) is 36.4 Å². The Labute approximate surface area is 145 Å². The maximum absolute atomic E-state index is 12.0. The fraction of sp³-hybridized carbons (Fsp3) is 0.429. The van der Waals surface area contributed by atoms with Crippen LogP contribution >= 0.6 is 23.2 Å². The average Bonchev–Trinajstić information content (AvgIpc) is 2.97. The topological polar surface area (TPSA) is 64.6 Å². The number of benzene rings is 1. The molecule has 2 rings (SSSR count). The summed E-state index contributed by atoms with van der Waals surface area (Å²) in [5.74, 6) is -1.78. The van der Waals surface area contributed by atoms with E-state index in [1.807, 2.05) is 0 Å². The number of halogens is 5. The quantitative estimate of drug-likeness (QED) is 0.620. The van der Waals surface area contributed by atoms with Gasteiger partial charge in [0.2, 0.25) is 0 Å². The van der Waals surface area contributed by atoms with Crippen molar-refractivity contribution in [3.05, 3.63) is 24.3 Å². The molecule has 1 fully saturated rings. The number of carbonyl (C=O) groups is 2. The second kappa shape index (κ2) is 6.33. The predicted molar refractivity (Wildman–Crippen MR) is 79.9 cm³/mol. The first-order valence-electron chi connectivity index (χ1n) is 6.64. The molecule has 1 amide bonds. The van der Waals surface area contributed by atoms with Gasteiger partial charge in [0.05, 0.1) is 0 Å². The molecule has 0 aliphatic heterocycles. The van der Waals surface area contributed by atoms with Gasteiger partial charge in [-0.25, -0.2) is 0 Å². The maximum Gasteiger partial charge on any atom is 0.573 e. The van der Waals surface area contributed by atoms with Gasteiger partial charge in [-0.1, -0.05) is 0 Å². The summed E-state index contributed by atoms with van der Waals surface area (Å²) in [4.78, 5) is 23.5. The molecule has 0 bridgehead atoms. The molecule has 1 atom stereocenters. The van der Waals surface area contributed by atoms with E-state index in [9.17, 15) is 22.8 Å². The summed E-state index contributed by atoms with van der Waals surface area (Å²) in [5, 5.41) is 2.36. The van der Waals surface area contributed by atoms with Crippen molar-refractivity contribution < 1.29 is 32.2 Å². The van der Waals surface area contributed by atoms with Gasteiger partial charge in [-0.05, 0) is 31.2 Å². The summed E-state index contributed by atoms with van der Waals surface area (Å²) in [6.07, 6.45) is -4.57. The summed E-state index contributed by atoms with van der Waals surface area (Å²) < 4.78 is 43.4. The lowest BCUT2D eigenvalue weighted by Crippen LogP contribution is -2.26. The van der Waals surface area contributed by atoms with E-state index in [-0.39, 0.29) is 12.1 Å². The van der Waals surface area contributed by atoms with Gasteiger partial charge in [0.1, 0.15) is 15.5 Å². The molecule has 24 heavy (non-hydrogen) atoms. The Hall–Kier alpha value is -1.67. The molecule has 1 aliphatic rings. The van der Waals surface area contributed by atoms with E-state index < -0.39 is 40.3 Å². The van der Waals surface area contributed by atoms with Crippen molar-refractivity contribution in [2.45, 2.75) is 24.0 Å². The molecule has 1 aliphatic carbocycles. The van der Waals surface area contributed by atoms with Crippen LogP contribution in [0.25, 0.3) is 0 Å². The number of rotatable bonds is 5. The van der Waals surface area contributed by atoms with Gasteiger partial charge in [0, 0.05) is 12.1 Å². The Kier molecular flexibility index (Phi) is 4.92. The molecule has 0 spiro atoms. The molecule has 1 aromatic carbocycles. The largest absolute Gasteiger partial charge is 0.573 e. The number of amides is 1. The lowest BCUT2D eigenvalue weighted by atomic mass is 10.1. The zero-order chi connectivity index (χ0) is 18.2. The number of alkyl halides is 5. The van der Waals surface area contributed by atoms with Crippen LogP contribution in [0.15, 0.2) is 24.3 Å². The first kappa shape index (κ1) is 18.7. The number of esters is 1. The summed E-state index contributed by atoms with van der Waals surface area (Å²) in [5.41, 5.74) is -0.834. The van der Waals surface area contributed by atoms with E-state index in [1.54, 1.807) is 0 Å². The summed E-state index contributed by atoms with van der Waals surface area (Å²) in [7, 11) is 0. The molecular weight excluding hydrogens is 374 g/mol. The smallest absolute Gasteiger partial charge is 0.455 e. The number of hydrogen-bond acceptors (Lipinski definition) is 4. The minimum atomic E-state index is -4.79. The van der Waals surface area contributed by atoms with Crippen LogP contribution in [0.1, 0.15) is 13.3 Å². The molecule has 1 unspecified atom stereocenters. The highest BCUT2D eigenvalue weighted by Crippen LogP contribution is 2.64. The van der Waals surface area contributed by atoms with Gasteiger partial charge in [0.25, 0.3) is 5.91 Å². The van der Waals surface area contributed by atoms with Gasteiger partial charge in [-0.2, -0.15) is 0 Å². The molecule has 1 N–H and O–H groups in total. The van der Waals surface area contributed by atoms with Gasteiger partial charge < -0.3 is 14.8 Å². The van der Waals surface area contributed by atoms with Crippen LogP contribution in [0.5, 0.6) is 5.75 Å². The normalized spacial score (nSPS) is 21.8. The molecule has 0 aromatic heterocycles. The van der Waals surface area contributed by atoms with Crippen molar-refractivity contribution in [2.24, 2.45) is 5.41 Å². The zero-order valence-corrected chi connectivity index (χ0v) is 13.8. The Morgan fingerprint density at radius 1 is 1.25 bits per heavy atom. The molecule has 5 nitrogen and oxygen atoms in total.